The average Bonchev–Trinajstić information content (AvgIpc) is 2.94. The maximum Gasteiger partial charge on any atom is 0.180 e. The van der Waals surface area contributed by atoms with E-state index in [0.717, 1.165) is 10.6 Å². The predicted molar refractivity (Wildman–Crippen MR) is 69.3 cm³/mol. The van der Waals surface area contributed by atoms with Crippen molar-refractivity contribution in [3.8, 4) is 5.75 Å². The third-order valence-corrected chi connectivity index (χ3v) is 3.82. The van der Waals surface area contributed by atoms with E-state index >= 15 is 0 Å². The van der Waals surface area contributed by atoms with Crippen molar-refractivity contribution in [1.29, 1.82) is 0 Å². The van der Waals surface area contributed by atoms with Gasteiger partial charge in [0.15, 0.2) is 5.13 Å². The number of nitrogens with two attached hydrogens (primary N) is 1. The van der Waals surface area contributed by atoms with E-state index in [2.05, 4.69) is 23.2 Å². The quantitative estimate of drug-likeness (QED) is 0.906. The lowest BCUT2D eigenvalue weighted by Crippen LogP contribution is -1.94. The molecule has 0 unspecified atom stereocenters. The lowest BCUT2D eigenvalue weighted by Gasteiger charge is -2.06. The summed E-state index contributed by atoms with van der Waals surface area (Å²) in [5, 5.41) is 0.595. The molecule has 1 aromatic carbocycles. The number of thiazole rings is 1. The van der Waals surface area contributed by atoms with Crippen LogP contribution in [0.2, 0.25) is 0 Å². The third kappa shape index (κ3) is 2.26. The van der Waals surface area contributed by atoms with Gasteiger partial charge in [-0.15, -0.1) is 0 Å². The minimum absolute atomic E-state index is 0.549. The van der Waals surface area contributed by atoms with E-state index in [1.54, 1.807) is 6.20 Å². The summed E-state index contributed by atoms with van der Waals surface area (Å²) >= 11 is 1.47. The minimum atomic E-state index is 0.549. The second-order valence-electron chi connectivity index (χ2n) is 4.24. The zero-order valence-electron chi connectivity index (χ0n) is 9.48. The first kappa shape index (κ1) is 10.6. The fraction of sp³-hybridized carbons (Fsp3) is 0.308. The van der Waals surface area contributed by atoms with Crippen LogP contribution in [-0.2, 0) is 19.4 Å². The van der Waals surface area contributed by atoms with Crippen LogP contribution in [0.4, 0.5) is 5.13 Å². The molecule has 3 rings (SSSR count). The van der Waals surface area contributed by atoms with Gasteiger partial charge in [0, 0.05) is 6.20 Å². The van der Waals surface area contributed by atoms with Gasteiger partial charge in [0.2, 0.25) is 0 Å². The summed E-state index contributed by atoms with van der Waals surface area (Å²) in [4.78, 5) is 5.06. The summed E-state index contributed by atoms with van der Waals surface area (Å²) in [5.74, 6) is 0.942. The molecule has 0 fully saturated rings. The van der Waals surface area contributed by atoms with Gasteiger partial charge in [-0.25, -0.2) is 4.98 Å². The predicted octanol–water partition coefficient (Wildman–Crippen LogP) is 2.79. The molecule has 0 saturated carbocycles. The van der Waals surface area contributed by atoms with Crippen LogP contribution in [0.15, 0.2) is 24.4 Å². The van der Waals surface area contributed by atoms with Crippen molar-refractivity contribution in [1.82, 2.24) is 4.98 Å². The molecule has 0 amide bonds. The summed E-state index contributed by atoms with van der Waals surface area (Å²) in [6, 6.07) is 6.39. The largest absolute Gasteiger partial charge is 0.488 e. The Bertz CT molecular complexity index is 536. The Morgan fingerprint density at radius 2 is 2.18 bits per heavy atom. The van der Waals surface area contributed by atoms with E-state index < -0.39 is 0 Å². The lowest BCUT2D eigenvalue weighted by atomic mass is 10.1. The van der Waals surface area contributed by atoms with Crippen LogP contribution in [0, 0.1) is 0 Å². The third-order valence-electron chi connectivity index (χ3n) is 3.02. The highest BCUT2D eigenvalue weighted by atomic mass is 32.1. The number of aryl methyl sites for hydroxylation is 2. The van der Waals surface area contributed by atoms with Gasteiger partial charge in [0.1, 0.15) is 12.4 Å². The van der Waals surface area contributed by atoms with Crippen LogP contribution in [0.1, 0.15) is 22.4 Å². The summed E-state index contributed by atoms with van der Waals surface area (Å²) in [5.41, 5.74) is 8.48. The van der Waals surface area contributed by atoms with E-state index in [0.29, 0.717) is 11.7 Å². The number of ether oxygens (including phenoxy) is 1. The summed E-state index contributed by atoms with van der Waals surface area (Å²) < 4.78 is 5.75. The van der Waals surface area contributed by atoms with Crippen LogP contribution in [0.5, 0.6) is 5.75 Å². The van der Waals surface area contributed by atoms with Crippen molar-refractivity contribution in [3.63, 3.8) is 0 Å². The van der Waals surface area contributed by atoms with Crippen LogP contribution >= 0.6 is 11.3 Å². The van der Waals surface area contributed by atoms with E-state index in [1.807, 2.05) is 0 Å². The zero-order chi connectivity index (χ0) is 11.7. The van der Waals surface area contributed by atoms with Crippen molar-refractivity contribution in [2.75, 3.05) is 5.73 Å². The van der Waals surface area contributed by atoms with Crippen LogP contribution in [0.3, 0.4) is 0 Å². The molecule has 0 radical (unpaired) electrons. The second-order valence-corrected chi connectivity index (χ2v) is 5.38. The second kappa shape index (κ2) is 4.37. The van der Waals surface area contributed by atoms with Crippen LogP contribution in [-0.4, -0.2) is 4.98 Å². The molecule has 0 spiro atoms. The highest BCUT2D eigenvalue weighted by molar-refractivity contribution is 7.15. The number of hydrogen-bond acceptors (Lipinski definition) is 4. The number of rotatable bonds is 3. The molecular formula is C13H14N2OS. The zero-order valence-corrected chi connectivity index (χ0v) is 10.3. The number of nitrogens with zero attached hydrogens (tertiary/aromatic N) is 1. The number of fused-ring (bicyclic) bond motifs is 1. The highest BCUT2D eigenvalue weighted by Gasteiger charge is 2.11. The Balaban J connectivity index is 1.69. The molecule has 0 aliphatic heterocycles. The number of hydrogen-bond donors (Lipinski definition) is 1. The highest BCUT2D eigenvalue weighted by Crippen LogP contribution is 2.26. The SMILES string of the molecule is Nc1ncc(COc2ccc3c(c2)CCC3)s1. The van der Waals surface area contributed by atoms with E-state index in [1.165, 1.54) is 41.7 Å². The molecule has 3 nitrogen and oxygen atoms in total. The molecule has 2 aromatic rings. The van der Waals surface area contributed by atoms with Gasteiger partial charge in [-0.3, -0.25) is 0 Å². The minimum Gasteiger partial charge on any atom is -0.488 e. The standard InChI is InChI=1S/C13H14N2OS/c14-13-15-7-12(17-13)8-16-11-5-4-9-2-1-3-10(9)6-11/h4-7H,1-3,8H2,(H2,14,15). The number of anilines is 1. The van der Waals surface area contributed by atoms with Crippen LogP contribution in [0.25, 0.3) is 0 Å². The topological polar surface area (TPSA) is 48.1 Å². The molecule has 0 atom stereocenters. The Morgan fingerprint density at radius 1 is 1.29 bits per heavy atom. The first-order valence-corrected chi connectivity index (χ1v) is 6.58. The first-order chi connectivity index (χ1) is 8.31. The van der Waals surface area contributed by atoms with E-state index in [4.69, 9.17) is 10.5 Å². The Hall–Kier alpha value is -1.55. The van der Waals surface area contributed by atoms with Gasteiger partial charge in [0.25, 0.3) is 0 Å². The smallest absolute Gasteiger partial charge is 0.180 e. The fourth-order valence-electron chi connectivity index (χ4n) is 2.18. The number of nitrogen functional groups attached to an aromatic ring is 1. The maximum atomic E-state index is 5.75. The molecule has 1 aliphatic rings. The molecule has 1 aromatic heterocycles. The molecule has 0 saturated heterocycles. The van der Waals surface area contributed by atoms with Gasteiger partial charge >= 0.3 is 0 Å². The van der Waals surface area contributed by atoms with Crippen molar-refractivity contribution in [2.24, 2.45) is 0 Å². The van der Waals surface area contributed by atoms with Gasteiger partial charge in [-0.05, 0) is 42.5 Å². The van der Waals surface area contributed by atoms with Crippen molar-refractivity contribution in [2.45, 2.75) is 25.9 Å². The van der Waals surface area contributed by atoms with Crippen molar-refractivity contribution in [3.05, 3.63) is 40.4 Å². The van der Waals surface area contributed by atoms with Gasteiger partial charge < -0.3 is 10.5 Å². The molecule has 4 heteroatoms. The number of benzene rings is 1. The van der Waals surface area contributed by atoms with Crippen molar-refractivity contribution >= 4 is 16.5 Å². The van der Waals surface area contributed by atoms with Gasteiger partial charge in [-0.1, -0.05) is 17.4 Å². The van der Waals surface area contributed by atoms with Gasteiger partial charge in [0.05, 0.1) is 4.88 Å². The Morgan fingerprint density at radius 3 is 3.00 bits per heavy atom. The fourth-order valence-corrected chi connectivity index (χ4v) is 2.78. The summed E-state index contributed by atoms with van der Waals surface area (Å²) in [7, 11) is 0. The normalized spacial score (nSPS) is 13.6. The van der Waals surface area contributed by atoms with E-state index in [9.17, 15) is 0 Å². The molecule has 2 N–H and O–H groups in total. The van der Waals surface area contributed by atoms with E-state index in [-0.39, 0.29) is 0 Å². The molecule has 0 bridgehead atoms. The summed E-state index contributed by atoms with van der Waals surface area (Å²) in [6.07, 6.45) is 5.43. The Kier molecular flexibility index (Phi) is 2.73. The molecule has 1 aliphatic carbocycles. The monoisotopic (exact) mass is 246 g/mol. The van der Waals surface area contributed by atoms with Crippen molar-refractivity contribution < 1.29 is 4.74 Å². The molecule has 1 heterocycles. The average molecular weight is 246 g/mol. The summed E-state index contributed by atoms with van der Waals surface area (Å²) in [6.45, 7) is 0.549. The first-order valence-electron chi connectivity index (χ1n) is 5.76. The molecular weight excluding hydrogens is 232 g/mol. The molecule has 88 valence electrons. The lowest BCUT2D eigenvalue weighted by molar-refractivity contribution is 0.309. The Labute approximate surface area is 104 Å². The van der Waals surface area contributed by atoms with Gasteiger partial charge in [-0.2, -0.15) is 0 Å². The molecule has 17 heavy (non-hydrogen) atoms. The maximum absolute atomic E-state index is 5.75. The number of aromatic nitrogens is 1. The van der Waals surface area contributed by atoms with Crippen LogP contribution < -0.4 is 10.5 Å².